The minimum absolute atomic E-state index is 0.407. The molecule has 2 fully saturated rings. The van der Waals surface area contributed by atoms with Crippen molar-refractivity contribution < 1.29 is 10.2 Å². The first-order valence-corrected chi connectivity index (χ1v) is 9.48. The van der Waals surface area contributed by atoms with Crippen molar-refractivity contribution in [3.8, 4) is 0 Å². The van der Waals surface area contributed by atoms with Gasteiger partial charge in [0, 0.05) is 38.8 Å². The summed E-state index contributed by atoms with van der Waals surface area (Å²) in [6.07, 6.45) is 5.07. The number of piperazine rings is 1. The smallest absolute Gasteiger partial charge is 0.0917 e. The number of aliphatic hydroxyl groups is 2. The largest absolute Gasteiger partial charge is 0.389 e. The fourth-order valence-corrected chi connectivity index (χ4v) is 4.27. The number of β-amino-alcohol motifs (C(OH)–C–C–N with tert-alkyl or cyclic N) is 2. The van der Waals surface area contributed by atoms with Gasteiger partial charge in [-0.2, -0.15) is 0 Å². The lowest BCUT2D eigenvalue weighted by Gasteiger charge is -2.44. The zero-order valence-electron chi connectivity index (χ0n) is 14.9. The van der Waals surface area contributed by atoms with Crippen LogP contribution in [0.1, 0.15) is 50.7 Å². The molecule has 0 amide bonds. The van der Waals surface area contributed by atoms with E-state index < -0.39 is 11.7 Å². The predicted molar refractivity (Wildman–Crippen MR) is 96.9 cm³/mol. The van der Waals surface area contributed by atoms with Crippen LogP contribution in [0.2, 0.25) is 0 Å². The Kier molecular flexibility index (Phi) is 5.93. The maximum absolute atomic E-state index is 10.8. The summed E-state index contributed by atoms with van der Waals surface area (Å²) in [5, 5.41) is 21.2. The Labute approximate surface area is 146 Å². The molecule has 1 heterocycles. The Balaban J connectivity index is 1.50. The Morgan fingerprint density at radius 1 is 1.12 bits per heavy atom. The van der Waals surface area contributed by atoms with Crippen molar-refractivity contribution in [2.24, 2.45) is 0 Å². The van der Waals surface area contributed by atoms with E-state index in [-0.39, 0.29) is 0 Å². The molecular weight excluding hydrogens is 300 g/mol. The van der Waals surface area contributed by atoms with Gasteiger partial charge in [0.2, 0.25) is 0 Å². The van der Waals surface area contributed by atoms with Gasteiger partial charge >= 0.3 is 0 Å². The van der Waals surface area contributed by atoms with Gasteiger partial charge in [0.05, 0.1) is 11.7 Å². The third-order valence-corrected chi connectivity index (χ3v) is 5.74. The molecule has 0 spiro atoms. The molecule has 1 aromatic rings. The molecule has 0 unspecified atom stereocenters. The number of nitrogens with zero attached hydrogens (tertiary/aromatic N) is 2. The summed E-state index contributed by atoms with van der Waals surface area (Å²) < 4.78 is 0. The van der Waals surface area contributed by atoms with Gasteiger partial charge in [0.1, 0.15) is 0 Å². The summed E-state index contributed by atoms with van der Waals surface area (Å²) in [5.41, 5.74) is 0.521. The average molecular weight is 332 g/mol. The zero-order chi connectivity index (χ0) is 17.0. The Morgan fingerprint density at radius 2 is 1.83 bits per heavy atom. The van der Waals surface area contributed by atoms with Crippen molar-refractivity contribution in [1.29, 1.82) is 0 Å². The van der Waals surface area contributed by atoms with E-state index in [1.807, 2.05) is 30.3 Å². The standard InChI is InChI=1S/C20H32N2O2/c1-17-14-21(16-20(24)10-6-3-7-11-20)12-13-22(17)15-19(23)18-8-4-2-5-9-18/h2,4-5,8-9,17,19,23-24H,3,6-7,10-16H2,1H3/t17-,19-/m1/s1. The van der Waals surface area contributed by atoms with E-state index >= 15 is 0 Å². The lowest BCUT2D eigenvalue weighted by Crippen LogP contribution is -2.56. The molecule has 1 aromatic carbocycles. The van der Waals surface area contributed by atoms with Gasteiger partial charge in [0.25, 0.3) is 0 Å². The van der Waals surface area contributed by atoms with E-state index in [0.717, 1.165) is 57.4 Å². The highest BCUT2D eigenvalue weighted by Crippen LogP contribution is 2.29. The average Bonchev–Trinajstić information content (AvgIpc) is 2.58. The zero-order valence-corrected chi connectivity index (χ0v) is 14.9. The third-order valence-electron chi connectivity index (χ3n) is 5.74. The molecule has 2 atom stereocenters. The molecule has 0 bridgehead atoms. The first kappa shape index (κ1) is 17.9. The molecule has 3 rings (SSSR count). The first-order chi connectivity index (χ1) is 11.6. The van der Waals surface area contributed by atoms with Crippen LogP contribution in [0.3, 0.4) is 0 Å². The maximum Gasteiger partial charge on any atom is 0.0917 e. The van der Waals surface area contributed by atoms with Gasteiger partial charge in [-0.1, -0.05) is 49.6 Å². The quantitative estimate of drug-likeness (QED) is 0.869. The fraction of sp³-hybridized carbons (Fsp3) is 0.700. The van der Waals surface area contributed by atoms with Crippen LogP contribution in [0.25, 0.3) is 0 Å². The lowest BCUT2D eigenvalue weighted by molar-refractivity contribution is -0.0462. The molecule has 2 aliphatic rings. The second kappa shape index (κ2) is 7.96. The van der Waals surface area contributed by atoms with E-state index in [0.29, 0.717) is 12.6 Å². The third kappa shape index (κ3) is 4.57. The number of benzene rings is 1. The maximum atomic E-state index is 10.8. The fourth-order valence-electron chi connectivity index (χ4n) is 4.27. The first-order valence-electron chi connectivity index (χ1n) is 9.48. The number of hydrogen-bond acceptors (Lipinski definition) is 4. The minimum atomic E-state index is -0.469. The molecule has 1 saturated carbocycles. The van der Waals surface area contributed by atoms with Crippen LogP contribution in [-0.2, 0) is 0 Å². The van der Waals surface area contributed by atoms with Crippen molar-refractivity contribution in [2.75, 3.05) is 32.7 Å². The topological polar surface area (TPSA) is 46.9 Å². The normalized spacial score (nSPS) is 27.0. The van der Waals surface area contributed by atoms with Crippen LogP contribution >= 0.6 is 0 Å². The molecule has 2 N–H and O–H groups in total. The van der Waals surface area contributed by atoms with Crippen molar-refractivity contribution >= 4 is 0 Å². The molecule has 1 aliphatic heterocycles. The van der Waals surface area contributed by atoms with E-state index in [1.54, 1.807) is 0 Å². The molecule has 0 aromatic heterocycles. The second-order valence-electron chi connectivity index (χ2n) is 7.79. The van der Waals surface area contributed by atoms with Gasteiger partial charge in [0.15, 0.2) is 0 Å². The summed E-state index contributed by atoms with van der Waals surface area (Å²) in [5.74, 6) is 0. The van der Waals surface area contributed by atoms with Crippen LogP contribution in [-0.4, -0.2) is 64.4 Å². The number of hydrogen-bond donors (Lipinski definition) is 2. The second-order valence-corrected chi connectivity index (χ2v) is 7.79. The Bertz CT molecular complexity index is 502. The van der Waals surface area contributed by atoms with Gasteiger partial charge in [-0.25, -0.2) is 0 Å². The predicted octanol–water partition coefficient (Wildman–Crippen LogP) is 2.42. The van der Waals surface area contributed by atoms with Crippen molar-refractivity contribution in [3.05, 3.63) is 35.9 Å². The summed E-state index contributed by atoms with van der Waals surface area (Å²) in [6, 6.07) is 10.3. The molecule has 4 heteroatoms. The summed E-state index contributed by atoms with van der Waals surface area (Å²) in [7, 11) is 0. The van der Waals surface area contributed by atoms with E-state index in [2.05, 4.69) is 16.7 Å². The van der Waals surface area contributed by atoms with Gasteiger partial charge < -0.3 is 10.2 Å². The highest BCUT2D eigenvalue weighted by molar-refractivity contribution is 5.17. The van der Waals surface area contributed by atoms with Crippen LogP contribution in [0.5, 0.6) is 0 Å². The van der Waals surface area contributed by atoms with Crippen molar-refractivity contribution in [2.45, 2.75) is 56.8 Å². The van der Waals surface area contributed by atoms with Crippen molar-refractivity contribution in [3.63, 3.8) is 0 Å². The van der Waals surface area contributed by atoms with Gasteiger partial charge in [-0.05, 0) is 25.3 Å². The van der Waals surface area contributed by atoms with Crippen LogP contribution in [0.4, 0.5) is 0 Å². The summed E-state index contributed by atoms with van der Waals surface area (Å²) >= 11 is 0. The number of aliphatic hydroxyl groups excluding tert-OH is 1. The van der Waals surface area contributed by atoms with E-state index in [9.17, 15) is 10.2 Å². The molecular formula is C20H32N2O2. The molecule has 1 aliphatic carbocycles. The molecule has 4 nitrogen and oxygen atoms in total. The lowest BCUT2D eigenvalue weighted by atomic mass is 9.84. The summed E-state index contributed by atoms with van der Waals surface area (Å²) in [6.45, 7) is 6.64. The molecule has 24 heavy (non-hydrogen) atoms. The minimum Gasteiger partial charge on any atom is -0.389 e. The van der Waals surface area contributed by atoms with E-state index in [4.69, 9.17) is 0 Å². The SMILES string of the molecule is C[C@@H]1CN(CC2(O)CCCCC2)CCN1C[C@@H](O)c1ccccc1. The molecule has 1 saturated heterocycles. The van der Waals surface area contributed by atoms with Crippen LogP contribution in [0.15, 0.2) is 30.3 Å². The Hall–Kier alpha value is -0.940. The molecule has 0 radical (unpaired) electrons. The summed E-state index contributed by atoms with van der Waals surface area (Å²) in [4.78, 5) is 4.79. The molecule has 134 valence electrons. The highest BCUT2D eigenvalue weighted by Gasteiger charge is 2.34. The van der Waals surface area contributed by atoms with Gasteiger partial charge in [-0.3, -0.25) is 9.80 Å². The highest BCUT2D eigenvalue weighted by atomic mass is 16.3. The van der Waals surface area contributed by atoms with E-state index in [1.165, 1.54) is 6.42 Å². The van der Waals surface area contributed by atoms with Crippen LogP contribution in [0, 0.1) is 0 Å². The Morgan fingerprint density at radius 3 is 2.50 bits per heavy atom. The monoisotopic (exact) mass is 332 g/mol. The van der Waals surface area contributed by atoms with Crippen molar-refractivity contribution in [1.82, 2.24) is 9.80 Å². The van der Waals surface area contributed by atoms with Crippen LogP contribution < -0.4 is 0 Å². The number of rotatable bonds is 5. The van der Waals surface area contributed by atoms with Gasteiger partial charge in [-0.15, -0.1) is 0 Å².